The Morgan fingerprint density at radius 2 is 1.71 bits per heavy atom. The number of nitrogens with zero attached hydrogens (tertiary/aromatic N) is 2. The van der Waals surface area contributed by atoms with Crippen molar-refractivity contribution in [2.45, 2.75) is 0 Å². The van der Waals surface area contributed by atoms with E-state index in [1.54, 1.807) is 31.4 Å². The maximum Gasteiger partial charge on any atom is 0.289 e. The first kappa shape index (κ1) is 13.1. The summed E-state index contributed by atoms with van der Waals surface area (Å²) >= 11 is 0. The molecule has 0 amide bonds. The van der Waals surface area contributed by atoms with E-state index in [-0.39, 0.29) is 11.7 Å². The van der Waals surface area contributed by atoms with Crippen LogP contribution in [0.3, 0.4) is 0 Å². The molecule has 1 heterocycles. The molecule has 0 saturated heterocycles. The molecule has 5 nitrogen and oxygen atoms in total. The first-order valence-corrected chi connectivity index (χ1v) is 6.35. The molecular weight excluding hydrogens is 268 g/mol. The average Bonchev–Trinajstić information content (AvgIpc) is 3.05. The topological polar surface area (TPSA) is 65.2 Å². The van der Waals surface area contributed by atoms with E-state index < -0.39 is 0 Å². The van der Waals surface area contributed by atoms with Crippen molar-refractivity contribution in [3.8, 4) is 17.2 Å². The third-order valence-corrected chi connectivity index (χ3v) is 2.99. The summed E-state index contributed by atoms with van der Waals surface area (Å²) in [4.78, 5) is 12.3. The van der Waals surface area contributed by atoms with Gasteiger partial charge < -0.3 is 9.15 Å². The fraction of sp³-hybridized carbons (Fsp3) is 0.0625. The Balaban J connectivity index is 1.87. The first-order chi connectivity index (χ1) is 10.3. The summed E-state index contributed by atoms with van der Waals surface area (Å²) in [5, 5.41) is 7.72. The van der Waals surface area contributed by atoms with E-state index in [0.29, 0.717) is 17.2 Å². The fourth-order valence-corrected chi connectivity index (χ4v) is 1.88. The number of benzene rings is 2. The standard InChI is InChI=1S/C16H12N2O3/c1-20-13-9-7-11(8-10-13)14(19)16-18-17-15(21-16)12-5-3-2-4-6-12/h2-10H,1H3. The van der Waals surface area contributed by atoms with Crippen LogP contribution in [0.1, 0.15) is 16.2 Å². The average molecular weight is 280 g/mol. The van der Waals surface area contributed by atoms with E-state index >= 15 is 0 Å². The minimum atomic E-state index is -0.313. The zero-order valence-corrected chi connectivity index (χ0v) is 11.3. The second-order valence-electron chi connectivity index (χ2n) is 4.34. The number of rotatable bonds is 4. The third kappa shape index (κ3) is 2.67. The number of methoxy groups -OCH3 is 1. The highest BCUT2D eigenvalue weighted by molar-refractivity contribution is 6.05. The van der Waals surface area contributed by atoms with Crippen LogP contribution in [0.15, 0.2) is 59.0 Å². The van der Waals surface area contributed by atoms with Crippen molar-refractivity contribution in [1.29, 1.82) is 0 Å². The number of ether oxygens (including phenoxy) is 1. The van der Waals surface area contributed by atoms with Crippen molar-refractivity contribution in [1.82, 2.24) is 10.2 Å². The molecule has 0 unspecified atom stereocenters. The molecule has 0 fully saturated rings. The van der Waals surface area contributed by atoms with Gasteiger partial charge in [0.25, 0.3) is 5.89 Å². The predicted molar refractivity (Wildman–Crippen MR) is 76.2 cm³/mol. The van der Waals surface area contributed by atoms with Crippen molar-refractivity contribution < 1.29 is 13.9 Å². The van der Waals surface area contributed by atoms with Crippen LogP contribution in [-0.4, -0.2) is 23.1 Å². The lowest BCUT2D eigenvalue weighted by Gasteiger charge is -2.00. The van der Waals surface area contributed by atoms with Gasteiger partial charge in [-0.25, -0.2) is 0 Å². The van der Waals surface area contributed by atoms with E-state index in [0.717, 1.165) is 5.56 Å². The highest BCUT2D eigenvalue weighted by Gasteiger charge is 2.17. The van der Waals surface area contributed by atoms with Gasteiger partial charge in [-0.15, -0.1) is 10.2 Å². The van der Waals surface area contributed by atoms with Crippen LogP contribution in [-0.2, 0) is 0 Å². The Kier molecular flexibility index (Phi) is 3.47. The number of carbonyl (C=O) groups excluding carboxylic acids is 1. The van der Waals surface area contributed by atoms with Gasteiger partial charge in [0.15, 0.2) is 0 Å². The zero-order valence-electron chi connectivity index (χ0n) is 11.3. The maximum atomic E-state index is 12.3. The molecule has 0 aliphatic rings. The molecule has 0 aliphatic heterocycles. The van der Waals surface area contributed by atoms with Crippen molar-refractivity contribution in [3.05, 3.63) is 66.1 Å². The molecule has 0 saturated carbocycles. The predicted octanol–water partition coefficient (Wildman–Crippen LogP) is 2.98. The van der Waals surface area contributed by atoms with Gasteiger partial charge in [-0.2, -0.15) is 0 Å². The highest BCUT2D eigenvalue weighted by atomic mass is 16.5. The van der Waals surface area contributed by atoms with Gasteiger partial charge in [0.2, 0.25) is 11.7 Å². The summed E-state index contributed by atoms with van der Waals surface area (Å²) in [7, 11) is 1.57. The molecule has 2 aromatic carbocycles. The number of ketones is 1. The number of aromatic nitrogens is 2. The lowest BCUT2D eigenvalue weighted by Crippen LogP contribution is -2.01. The molecule has 3 aromatic rings. The van der Waals surface area contributed by atoms with E-state index in [1.165, 1.54) is 0 Å². The van der Waals surface area contributed by atoms with Crippen LogP contribution in [0, 0.1) is 0 Å². The molecule has 0 N–H and O–H groups in total. The van der Waals surface area contributed by atoms with E-state index in [2.05, 4.69) is 10.2 Å². The van der Waals surface area contributed by atoms with Crippen molar-refractivity contribution >= 4 is 5.78 Å². The first-order valence-electron chi connectivity index (χ1n) is 6.35. The molecule has 0 atom stereocenters. The summed E-state index contributed by atoms with van der Waals surface area (Å²) in [5.74, 6) is 0.667. The molecule has 5 heteroatoms. The highest BCUT2D eigenvalue weighted by Crippen LogP contribution is 2.19. The number of carbonyl (C=O) groups is 1. The molecule has 0 bridgehead atoms. The molecule has 21 heavy (non-hydrogen) atoms. The van der Waals surface area contributed by atoms with Crippen molar-refractivity contribution in [2.24, 2.45) is 0 Å². The Labute approximate surface area is 121 Å². The largest absolute Gasteiger partial charge is 0.497 e. The molecule has 0 spiro atoms. The van der Waals surface area contributed by atoms with Crippen LogP contribution in [0.2, 0.25) is 0 Å². The van der Waals surface area contributed by atoms with Crippen LogP contribution >= 0.6 is 0 Å². The Bertz CT molecular complexity index is 749. The van der Waals surface area contributed by atoms with Gasteiger partial charge in [0.05, 0.1) is 7.11 Å². The van der Waals surface area contributed by atoms with E-state index in [1.807, 2.05) is 30.3 Å². The molecule has 104 valence electrons. The smallest absolute Gasteiger partial charge is 0.289 e. The van der Waals surface area contributed by atoms with Gasteiger partial charge in [0.1, 0.15) is 5.75 Å². The summed E-state index contributed by atoms with van der Waals surface area (Å²) in [6, 6.07) is 16.0. The normalized spacial score (nSPS) is 10.3. The van der Waals surface area contributed by atoms with Crippen LogP contribution in [0.4, 0.5) is 0 Å². The SMILES string of the molecule is COc1ccc(C(=O)c2nnc(-c3ccccc3)o2)cc1. The summed E-state index contributed by atoms with van der Waals surface area (Å²) in [6.07, 6.45) is 0. The van der Waals surface area contributed by atoms with Crippen molar-refractivity contribution in [3.63, 3.8) is 0 Å². The molecular formula is C16H12N2O3. The monoisotopic (exact) mass is 280 g/mol. The second-order valence-corrected chi connectivity index (χ2v) is 4.34. The van der Waals surface area contributed by atoms with Gasteiger partial charge in [-0.1, -0.05) is 18.2 Å². The number of hydrogen-bond acceptors (Lipinski definition) is 5. The van der Waals surface area contributed by atoms with Gasteiger partial charge >= 0.3 is 0 Å². The van der Waals surface area contributed by atoms with Gasteiger partial charge in [0, 0.05) is 11.1 Å². The summed E-state index contributed by atoms with van der Waals surface area (Å²) in [6.45, 7) is 0. The van der Waals surface area contributed by atoms with E-state index in [4.69, 9.17) is 9.15 Å². The summed E-state index contributed by atoms with van der Waals surface area (Å²) < 4.78 is 10.5. The molecule has 1 aromatic heterocycles. The quantitative estimate of drug-likeness (QED) is 0.687. The van der Waals surface area contributed by atoms with Crippen molar-refractivity contribution in [2.75, 3.05) is 7.11 Å². The maximum absolute atomic E-state index is 12.3. The molecule has 3 rings (SSSR count). The van der Waals surface area contributed by atoms with Crippen LogP contribution in [0.25, 0.3) is 11.5 Å². The fourth-order valence-electron chi connectivity index (χ4n) is 1.88. The molecule has 0 radical (unpaired) electrons. The Morgan fingerprint density at radius 1 is 1.00 bits per heavy atom. The molecule has 0 aliphatic carbocycles. The van der Waals surface area contributed by atoms with Crippen LogP contribution < -0.4 is 4.74 Å². The minimum Gasteiger partial charge on any atom is -0.497 e. The zero-order chi connectivity index (χ0) is 14.7. The Hall–Kier alpha value is -2.95. The minimum absolute atomic E-state index is 0.0287. The van der Waals surface area contributed by atoms with E-state index in [9.17, 15) is 4.79 Å². The van der Waals surface area contributed by atoms with Gasteiger partial charge in [-0.05, 0) is 36.4 Å². The number of hydrogen-bond donors (Lipinski definition) is 0. The lowest BCUT2D eigenvalue weighted by atomic mass is 10.1. The Morgan fingerprint density at radius 3 is 2.38 bits per heavy atom. The third-order valence-electron chi connectivity index (χ3n) is 2.99. The summed E-state index contributed by atoms with van der Waals surface area (Å²) in [5.41, 5.74) is 1.25. The van der Waals surface area contributed by atoms with Crippen LogP contribution in [0.5, 0.6) is 5.75 Å². The van der Waals surface area contributed by atoms with Gasteiger partial charge in [-0.3, -0.25) is 4.79 Å². The second kappa shape index (κ2) is 5.58. The lowest BCUT2D eigenvalue weighted by molar-refractivity contribution is 0.100.